The van der Waals surface area contributed by atoms with E-state index in [1.807, 2.05) is 0 Å². The lowest BCUT2D eigenvalue weighted by Gasteiger charge is -2.11. The van der Waals surface area contributed by atoms with Crippen molar-refractivity contribution in [3.8, 4) is 0 Å². The van der Waals surface area contributed by atoms with Crippen molar-refractivity contribution >= 4 is 12.8 Å². The van der Waals surface area contributed by atoms with Crippen molar-refractivity contribution in [2.24, 2.45) is 0 Å². The van der Waals surface area contributed by atoms with Gasteiger partial charge in [-0.05, 0) is 12.8 Å². The number of unbranched alkanes of at least 4 members (excludes halogenated alkanes) is 3. The van der Waals surface area contributed by atoms with Crippen molar-refractivity contribution in [3.05, 3.63) is 0 Å². The Morgan fingerprint density at radius 3 is 1.43 bits per heavy atom. The number of carbonyl (C=O) groups is 2. The summed E-state index contributed by atoms with van der Waals surface area (Å²) in [6.45, 7) is 1.65. The second kappa shape index (κ2) is 8.53. The molecule has 0 aliphatic carbocycles. The molecule has 0 fully saturated rings. The molecule has 4 heteroatoms. The van der Waals surface area contributed by atoms with Crippen molar-refractivity contribution < 1.29 is 9.59 Å². The predicted octanol–water partition coefficient (Wildman–Crippen LogP) is 0.723. The largest absolute Gasteiger partial charge is 0.348 e. The maximum Gasteiger partial charge on any atom is 0.209 e. The van der Waals surface area contributed by atoms with E-state index in [0.717, 1.165) is 51.6 Å². The number of rotatable bonds is 9. The first-order valence-corrected chi connectivity index (χ1v) is 5.01. The molecule has 0 bridgehead atoms. The van der Waals surface area contributed by atoms with Crippen molar-refractivity contribution in [1.29, 1.82) is 0 Å². The summed E-state index contributed by atoms with van der Waals surface area (Å²) < 4.78 is 0. The van der Waals surface area contributed by atoms with E-state index in [9.17, 15) is 9.59 Å². The molecule has 82 valence electrons. The molecular formula is C10H20N2O2. The van der Waals surface area contributed by atoms with Crippen molar-refractivity contribution in [3.63, 3.8) is 0 Å². The Labute approximate surface area is 85.9 Å². The number of hydrogen-bond acceptors (Lipinski definition) is 2. The van der Waals surface area contributed by atoms with Gasteiger partial charge in [0.15, 0.2) is 0 Å². The predicted molar refractivity (Wildman–Crippen MR) is 55.9 cm³/mol. The highest BCUT2D eigenvalue weighted by Crippen LogP contribution is 2.00. The fourth-order valence-corrected chi connectivity index (χ4v) is 1.18. The molecule has 0 radical (unpaired) electrons. The first-order valence-electron chi connectivity index (χ1n) is 5.01. The summed E-state index contributed by atoms with van der Waals surface area (Å²) in [5.74, 6) is 0. The van der Waals surface area contributed by atoms with E-state index >= 15 is 0 Å². The molecule has 0 aliphatic heterocycles. The summed E-state index contributed by atoms with van der Waals surface area (Å²) in [4.78, 5) is 23.8. The number of nitrogens with zero attached hydrogens (tertiary/aromatic N) is 2. The second-order valence-electron chi connectivity index (χ2n) is 3.59. The normalized spacial score (nSPS) is 9.57. The minimum absolute atomic E-state index is 0.826. The smallest absolute Gasteiger partial charge is 0.209 e. The van der Waals surface area contributed by atoms with Gasteiger partial charge in [0.05, 0.1) is 0 Å². The summed E-state index contributed by atoms with van der Waals surface area (Å²) in [6.07, 6.45) is 6.01. The van der Waals surface area contributed by atoms with Crippen LogP contribution in [0.5, 0.6) is 0 Å². The van der Waals surface area contributed by atoms with Crippen LogP contribution in [0.25, 0.3) is 0 Å². The average Bonchev–Trinajstić information content (AvgIpc) is 2.22. The third-order valence-corrected chi connectivity index (χ3v) is 2.13. The first-order chi connectivity index (χ1) is 6.70. The molecule has 0 heterocycles. The monoisotopic (exact) mass is 200 g/mol. The average molecular weight is 200 g/mol. The first kappa shape index (κ1) is 12.9. The lowest BCUT2D eigenvalue weighted by atomic mass is 10.2. The van der Waals surface area contributed by atoms with Crippen LogP contribution in [-0.4, -0.2) is 49.8 Å². The van der Waals surface area contributed by atoms with Crippen LogP contribution in [0.3, 0.4) is 0 Å². The Kier molecular flexibility index (Phi) is 7.89. The quantitative estimate of drug-likeness (QED) is 0.406. The Morgan fingerprint density at radius 1 is 0.786 bits per heavy atom. The van der Waals surface area contributed by atoms with Crippen LogP contribution in [0.4, 0.5) is 0 Å². The fourth-order valence-electron chi connectivity index (χ4n) is 1.18. The highest BCUT2D eigenvalue weighted by atomic mass is 16.1. The van der Waals surface area contributed by atoms with Gasteiger partial charge in [0.2, 0.25) is 12.8 Å². The van der Waals surface area contributed by atoms with Gasteiger partial charge in [-0.15, -0.1) is 0 Å². The van der Waals surface area contributed by atoms with Gasteiger partial charge in [-0.2, -0.15) is 0 Å². The molecule has 0 N–H and O–H groups in total. The second-order valence-corrected chi connectivity index (χ2v) is 3.59. The van der Waals surface area contributed by atoms with Crippen LogP contribution in [0.1, 0.15) is 25.7 Å². The van der Waals surface area contributed by atoms with Crippen molar-refractivity contribution in [2.75, 3.05) is 27.2 Å². The molecule has 0 unspecified atom stereocenters. The molecular weight excluding hydrogens is 180 g/mol. The van der Waals surface area contributed by atoms with Crippen molar-refractivity contribution in [2.45, 2.75) is 25.7 Å². The Hall–Kier alpha value is -1.06. The highest BCUT2D eigenvalue weighted by Gasteiger charge is 1.95. The third-order valence-electron chi connectivity index (χ3n) is 2.13. The molecule has 14 heavy (non-hydrogen) atoms. The SMILES string of the molecule is CN(C=O)CCCCCCN(C)C=O. The Bertz CT molecular complexity index is 144. The summed E-state index contributed by atoms with van der Waals surface area (Å²) in [5, 5.41) is 0. The lowest BCUT2D eigenvalue weighted by Crippen LogP contribution is -2.18. The molecule has 0 saturated heterocycles. The maximum absolute atomic E-state index is 10.2. The van der Waals surface area contributed by atoms with E-state index < -0.39 is 0 Å². The highest BCUT2D eigenvalue weighted by molar-refractivity contribution is 5.46. The minimum Gasteiger partial charge on any atom is -0.348 e. The molecule has 0 saturated carbocycles. The van der Waals surface area contributed by atoms with E-state index in [1.165, 1.54) is 0 Å². The summed E-state index contributed by atoms with van der Waals surface area (Å²) in [5.41, 5.74) is 0. The van der Waals surface area contributed by atoms with Crippen LogP contribution in [0, 0.1) is 0 Å². The summed E-state index contributed by atoms with van der Waals surface area (Å²) >= 11 is 0. The zero-order valence-corrected chi connectivity index (χ0v) is 9.11. The van der Waals surface area contributed by atoms with Gasteiger partial charge in [0, 0.05) is 27.2 Å². The Balaban J connectivity index is 3.13. The number of carbonyl (C=O) groups excluding carboxylic acids is 2. The molecule has 0 atom stereocenters. The van der Waals surface area contributed by atoms with Gasteiger partial charge < -0.3 is 9.80 Å². The number of hydrogen-bond donors (Lipinski definition) is 0. The van der Waals surface area contributed by atoms with E-state index in [4.69, 9.17) is 0 Å². The van der Waals surface area contributed by atoms with E-state index in [0.29, 0.717) is 0 Å². The molecule has 0 rings (SSSR count). The van der Waals surface area contributed by atoms with Crippen LogP contribution in [0.15, 0.2) is 0 Å². The van der Waals surface area contributed by atoms with E-state index in [-0.39, 0.29) is 0 Å². The van der Waals surface area contributed by atoms with Gasteiger partial charge in [0.1, 0.15) is 0 Å². The van der Waals surface area contributed by atoms with Crippen molar-refractivity contribution in [1.82, 2.24) is 9.80 Å². The maximum atomic E-state index is 10.2. The van der Waals surface area contributed by atoms with E-state index in [1.54, 1.807) is 23.9 Å². The standard InChI is InChI=1S/C10H20N2O2/c1-11(9-13)7-5-3-4-6-8-12(2)10-14/h9-10H,3-8H2,1-2H3. The van der Waals surface area contributed by atoms with Gasteiger partial charge >= 0.3 is 0 Å². The zero-order chi connectivity index (χ0) is 10.8. The van der Waals surface area contributed by atoms with Gasteiger partial charge in [-0.25, -0.2) is 0 Å². The topological polar surface area (TPSA) is 40.6 Å². The minimum atomic E-state index is 0.826. The molecule has 4 nitrogen and oxygen atoms in total. The van der Waals surface area contributed by atoms with Gasteiger partial charge in [-0.1, -0.05) is 12.8 Å². The summed E-state index contributed by atoms with van der Waals surface area (Å²) in [7, 11) is 3.57. The zero-order valence-electron chi connectivity index (χ0n) is 9.11. The summed E-state index contributed by atoms with van der Waals surface area (Å²) in [6, 6.07) is 0. The molecule has 0 aromatic carbocycles. The van der Waals surface area contributed by atoms with E-state index in [2.05, 4.69) is 0 Å². The molecule has 0 aromatic heterocycles. The van der Waals surface area contributed by atoms with Crippen LogP contribution < -0.4 is 0 Å². The molecule has 0 spiro atoms. The number of amides is 2. The fraction of sp³-hybridized carbons (Fsp3) is 0.800. The molecule has 2 amide bonds. The third kappa shape index (κ3) is 7.58. The van der Waals surface area contributed by atoms with Crippen LogP contribution in [-0.2, 0) is 9.59 Å². The lowest BCUT2D eigenvalue weighted by molar-refractivity contribution is -0.117. The Morgan fingerprint density at radius 2 is 1.14 bits per heavy atom. The van der Waals surface area contributed by atoms with Gasteiger partial charge in [0.25, 0.3) is 0 Å². The van der Waals surface area contributed by atoms with Gasteiger partial charge in [-0.3, -0.25) is 9.59 Å². The molecule has 0 aromatic rings. The van der Waals surface area contributed by atoms with Crippen LogP contribution in [0.2, 0.25) is 0 Å². The molecule has 0 aliphatic rings. The van der Waals surface area contributed by atoms with Crippen LogP contribution >= 0.6 is 0 Å².